The summed E-state index contributed by atoms with van der Waals surface area (Å²) in [6.45, 7) is 0. The smallest absolute Gasteiger partial charge is 0.303 e. The summed E-state index contributed by atoms with van der Waals surface area (Å²) in [6.07, 6.45) is 2.56. The maximum Gasteiger partial charge on any atom is 0.303 e. The Morgan fingerprint density at radius 1 is 1.64 bits per heavy atom. The maximum atomic E-state index is 12.5. The Morgan fingerprint density at radius 2 is 2.43 bits per heavy atom. The third-order valence-corrected chi connectivity index (χ3v) is 2.54. The van der Waals surface area contributed by atoms with E-state index in [2.05, 4.69) is 4.98 Å². The van der Waals surface area contributed by atoms with Crippen molar-refractivity contribution in [1.82, 2.24) is 4.98 Å². The van der Waals surface area contributed by atoms with Gasteiger partial charge in [-0.1, -0.05) is 6.07 Å². The van der Waals surface area contributed by atoms with Crippen LogP contribution in [0.3, 0.4) is 0 Å². The van der Waals surface area contributed by atoms with Crippen molar-refractivity contribution in [2.75, 3.05) is 0 Å². The van der Waals surface area contributed by atoms with Gasteiger partial charge in [0.2, 0.25) is 5.95 Å². The van der Waals surface area contributed by atoms with E-state index in [1.54, 1.807) is 6.07 Å². The van der Waals surface area contributed by atoms with E-state index in [0.717, 1.165) is 12.0 Å². The molecule has 1 aromatic heterocycles. The van der Waals surface area contributed by atoms with Crippen LogP contribution < -0.4 is 0 Å². The van der Waals surface area contributed by atoms with Crippen LogP contribution in [0.5, 0.6) is 0 Å². The fourth-order valence-electron chi connectivity index (χ4n) is 1.71. The molecule has 1 aliphatic rings. The second-order valence-electron chi connectivity index (χ2n) is 3.61. The highest BCUT2D eigenvalue weighted by molar-refractivity contribution is 5.67. The first-order chi connectivity index (χ1) is 6.66. The fourth-order valence-corrected chi connectivity index (χ4v) is 1.71. The van der Waals surface area contributed by atoms with Gasteiger partial charge in [0.05, 0.1) is 0 Å². The number of carboxylic acids is 1. The zero-order valence-corrected chi connectivity index (χ0v) is 7.48. The Hall–Kier alpha value is -1.45. The van der Waals surface area contributed by atoms with E-state index in [4.69, 9.17) is 5.11 Å². The van der Waals surface area contributed by atoms with Gasteiger partial charge >= 0.3 is 5.97 Å². The summed E-state index contributed by atoms with van der Waals surface area (Å²) < 4.78 is 12.5. The molecule has 0 radical (unpaired) electrons. The van der Waals surface area contributed by atoms with Gasteiger partial charge in [0, 0.05) is 12.6 Å². The maximum absolute atomic E-state index is 12.5. The number of halogens is 1. The van der Waals surface area contributed by atoms with Crippen LogP contribution in [-0.4, -0.2) is 16.1 Å². The van der Waals surface area contributed by atoms with Gasteiger partial charge in [0.15, 0.2) is 0 Å². The topological polar surface area (TPSA) is 50.2 Å². The van der Waals surface area contributed by atoms with Gasteiger partial charge in [-0.25, -0.2) is 4.98 Å². The Morgan fingerprint density at radius 3 is 3.00 bits per heavy atom. The SMILES string of the molecule is O=C(O)CC1CC1c1ccc(F)nc1. The van der Waals surface area contributed by atoms with E-state index < -0.39 is 11.9 Å². The van der Waals surface area contributed by atoms with Crippen LogP contribution in [0.1, 0.15) is 24.3 Å². The lowest BCUT2D eigenvalue weighted by Crippen LogP contribution is -1.97. The predicted molar refractivity (Wildman–Crippen MR) is 47.3 cm³/mol. The molecule has 2 rings (SSSR count). The molecule has 4 heteroatoms. The molecule has 1 fully saturated rings. The number of nitrogens with zero attached hydrogens (tertiary/aromatic N) is 1. The number of aliphatic carboxylic acids is 1. The van der Waals surface area contributed by atoms with Gasteiger partial charge in [-0.3, -0.25) is 4.79 Å². The predicted octanol–water partition coefficient (Wildman–Crippen LogP) is 1.80. The van der Waals surface area contributed by atoms with Crippen molar-refractivity contribution in [3.63, 3.8) is 0 Å². The lowest BCUT2D eigenvalue weighted by atomic mass is 10.1. The summed E-state index contributed by atoms with van der Waals surface area (Å²) in [5.41, 5.74) is 0.942. The first kappa shape index (κ1) is 9.12. The van der Waals surface area contributed by atoms with E-state index in [1.165, 1.54) is 12.3 Å². The van der Waals surface area contributed by atoms with Crippen LogP contribution in [0, 0.1) is 11.9 Å². The van der Waals surface area contributed by atoms with Gasteiger partial charge in [0.25, 0.3) is 0 Å². The largest absolute Gasteiger partial charge is 0.481 e. The molecule has 0 aromatic carbocycles. The van der Waals surface area contributed by atoms with Crippen LogP contribution in [0.2, 0.25) is 0 Å². The fraction of sp³-hybridized carbons (Fsp3) is 0.400. The molecule has 0 spiro atoms. The molecule has 1 aromatic rings. The molecule has 14 heavy (non-hydrogen) atoms. The third kappa shape index (κ3) is 1.89. The van der Waals surface area contributed by atoms with Crippen molar-refractivity contribution in [3.8, 4) is 0 Å². The monoisotopic (exact) mass is 195 g/mol. The van der Waals surface area contributed by atoms with Crippen LogP contribution in [0.25, 0.3) is 0 Å². The Labute approximate surface area is 80.6 Å². The van der Waals surface area contributed by atoms with Crippen molar-refractivity contribution in [2.24, 2.45) is 5.92 Å². The van der Waals surface area contributed by atoms with E-state index >= 15 is 0 Å². The van der Waals surface area contributed by atoms with Gasteiger partial charge in [-0.05, 0) is 29.9 Å². The van der Waals surface area contributed by atoms with E-state index in [1.807, 2.05) is 0 Å². The van der Waals surface area contributed by atoms with Crippen molar-refractivity contribution in [2.45, 2.75) is 18.8 Å². The normalized spacial score (nSPS) is 24.6. The number of carbonyl (C=O) groups is 1. The van der Waals surface area contributed by atoms with Crippen LogP contribution in [0.4, 0.5) is 4.39 Å². The van der Waals surface area contributed by atoms with E-state index in [-0.39, 0.29) is 18.3 Å². The van der Waals surface area contributed by atoms with Crippen molar-refractivity contribution < 1.29 is 14.3 Å². The van der Waals surface area contributed by atoms with Crippen molar-refractivity contribution in [1.29, 1.82) is 0 Å². The highest BCUT2D eigenvalue weighted by Gasteiger charge is 2.39. The molecular weight excluding hydrogens is 185 g/mol. The number of rotatable bonds is 3. The average molecular weight is 195 g/mol. The molecule has 3 nitrogen and oxygen atoms in total. The summed E-state index contributed by atoms with van der Waals surface area (Å²) in [6, 6.07) is 2.99. The molecule has 2 unspecified atom stereocenters. The molecule has 0 aliphatic heterocycles. The summed E-state index contributed by atoms with van der Waals surface area (Å²) in [5, 5.41) is 8.56. The number of aromatic nitrogens is 1. The summed E-state index contributed by atoms with van der Waals surface area (Å²) in [5.74, 6) is -0.796. The summed E-state index contributed by atoms with van der Waals surface area (Å²) >= 11 is 0. The van der Waals surface area contributed by atoms with Crippen LogP contribution >= 0.6 is 0 Å². The van der Waals surface area contributed by atoms with E-state index in [9.17, 15) is 9.18 Å². The lowest BCUT2D eigenvalue weighted by molar-refractivity contribution is -0.137. The van der Waals surface area contributed by atoms with Crippen LogP contribution in [0.15, 0.2) is 18.3 Å². The number of hydrogen-bond acceptors (Lipinski definition) is 2. The average Bonchev–Trinajstić information content (AvgIpc) is 2.84. The second kappa shape index (κ2) is 3.36. The minimum atomic E-state index is -0.771. The third-order valence-electron chi connectivity index (χ3n) is 2.54. The van der Waals surface area contributed by atoms with Crippen molar-refractivity contribution >= 4 is 5.97 Å². The molecule has 1 saturated carbocycles. The minimum Gasteiger partial charge on any atom is -0.481 e. The molecule has 0 amide bonds. The Bertz CT molecular complexity index is 350. The standard InChI is InChI=1S/C10H10FNO2/c11-9-2-1-6(5-12-9)8-3-7(8)4-10(13)14/h1-2,5,7-8H,3-4H2,(H,13,14). The minimum absolute atomic E-state index is 0.196. The highest BCUT2D eigenvalue weighted by atomic mass is 19.1. The molecule has 1 aliphatic carbocycles. The summed E-state index contributed by atoms with van der Waals surface area (Å²) in [4.78, 5) is 13.9. The molecule has 0 saturated heterocycles. The molecule has 1 N–H and O–H groups in total. The highest BCUT2D eigenvalue weighted by Crippen LogP contribution is 2.49. The number of hydrogen-bond donors (Lipinski definition) is 1. The van der Waals surface area contributed by atoms with Gasteiger partial charge in [-0.15, -0.1) is 0 Å². The van der Waals surface area contributed by atoms with Gasteiger partial charge in [-0.2, -0.15) is 4.39 Å². The first-order valence-electron chi connectivity index (χ1n) is 4.50. The summed E-state index contributed by atoms with van der Waals surface area (Å²) in [7, 11) is 0. The molecule has 74 valence electrons. The Balaban J connectivity index is 1.99. The van der Waals surface area contributed by atoms with Gasteiger partial charge in [0.1, 0.15) is 0 Å². The van der Waals surface area contributed by atoms with E-state index in [0.29, 0.717) is 0 Å². The molecule has 1 heterocycles. The lowest BCUT2D eigenvalue weighted by Gasteiger charge is -1.97. The zero-order chi connectivity index (χ0) is 10.1. The van der Waals surface area contributed by atoms with Gasteiger partial charge < -0.3 is 5.11 Å². The molecular formula is C10H10FNO2. The first-order valence-corrected chi connectivity index (χ1v) is 4.50. The number of pyridine rings is 1. The molecule has 0 bridgehead atoms. The number of carboxylic acid groups (broad SMARTS) is 1. The van der Waals surface area contributed by atoms with Crippen LogP contribution in [-0.2, 0) is 4.79 Å². The quantitative estimate of drug-likeness (QED) is 0.748. The Kier molecular flexibility index (Phi) is 2.19. The second-order valence-corrected chi connectivity index (χ2v) is 3.61. The molecule has 2 atom stereocenters. The van der Waals surface area contributed by atoms with Crippen molar-refractivity contribution in [3.05, 3.63) is 29.8 Å². The zero-order valence-electron chi connectivity index (χ0n) is 7.48.